The molecule has 1 saturated heterocycles. The van der Waals surface area contributed by atoms with Gasteiger partial charge in [0, 0.05) is 38.9 Å². The minimum absolute atomic E-state index is 0.0344. The number of rotatable bonds is 9. The average molecular weight is 487 g/mol. The zero-order chi connectivity index (χ0) is 25.9. The number of nitrogens with zero attached hydrogens (tertiary/aromatic N) is 2. The molecule has 0 amide bonds. The lowest BCUT2D eigenvalue weighted by Crippen LogP contribution is -2.33. The summed E-state index contributed by atoms with van der Waals surface area (Å²) in [4.78, 5) is 18.9. The second-order valence-corrected chi connectivity index (χ2v) is 10.3. The van der Waals surface area contributed by atoms with Gasteiger partial charge in [-0.3, -0.25) is 4.79 Å². The van der Waals surface area contributed by atoms with Crippen molar-refractivity contribution in [1.29, 1.82) is 0 Å². The van der Waals surface area contributed by atoms with E-state index >= 15 is 0 Å². The molecule has 1 aliphatic heterocycles. The molecule has 1 N–H and O–H groups in total. The minimum Gasteiger partial charge on any atom is -0.462 e. The Labute approximate surface area is 208 Å². The molecule has 0 bridgehead atoms. The Morgan fingerprint density at radius 2 is 1.91 bits per heavy atom. The van der Waals surface area contributed by atoms with E-state index in [1.165, 1.54) is 6.07 Å². The first-order valence-corrected chi connectivity index (χ1v) is 12.4. The summed E-state index contributed by atoms with van der Waals surface area (Å²) in [7, 11) is 5.58. The van der Waals surface area contributed by atoms with Gasteiger partial charge in [-0.2, -0.15) is 0 Å². The molecule has 0 spiro atoms. The van der Waals surface area contributed by atoms with Crippen molar-refractivity contribution in [3.8, 4) is 11.1 Å². The first-order valence-electron chi connectivity index (χ1n) is 12.4. The highest BCUT2D eigenvalue weighted by molar-refractivity contribution is 5.77. The van der Waals surface area contributed by atoms with E-state index in [2.05, 4.69) is 13.8 Å². The van der Waals surface area contributed by atoms with Crippen LogP contribution >= 0.6 is 0 Å². The highest BCUT2D eigenvalue weighted by atomic mass is 19.1. The molecular formula is C28H39FN2O4. The maximum Gasteiger partial charge on any atom is 0.308 e. The van der Waals surface area contributed by atoms with Crippen LogP contribution in [-0.2, 0) is 27.3 Å². The summed E-state index contributed by atoms with van der Waals surface area (Å²) in [6, 6.07) is 5.30. The molecule has 0 aliphatic carbocycles. The highest BCUT2D eigenvalue weighted by Gasteiger charge is 2.29. The molecule has 6 nitrogen and oxygen atoms in total. The van der Waals surface area contributed by atoms with Crippen molar-refractivity contribution in [2.45, 2.75) is 84.0 Å². The van der Waals surface area contributed by atoms with Gasteiger partial charge in [-0.05, 0) is 59.1 Å². The van der Waals surface area contributed by atoms with Gasteiger partial charge < -0.3 is 19.5 Å². The number of hydrogen-bond donors (Lipinski definition) is 1. The van der Waals surface area contributed by atoms with Gasteiger partial charge in [0.05, 0.1) is 19.1 Å². The molecule has 2 unspecified atom stereocenters. The number of carbonyl (C=O) groups is 1. The van der Waals surface area contributed by atoms with Crippen LogP contribution in [0.2, 0.25) is 0 Å². The van der Waals surface area contributed by atoms with Gasteiger partial charge >= 0.3 is 5.97 Å². The Morgan fingerprint density at radius 3 is 2.49 bits per heavy atom. The van der Waals surface area contributed by atoms with Crippen LogP contribution in [0.3, 0.4) is 0 Å². The molecular weight excluding hydrogens is 447 g/mol. The van der Waals surface area contributed by atoms with E-state index in [1.807, 2.05) is 45.0 Å². The summed E-state index contributed by atoms with van der Waals surface area (Å²) in [6.45, 7) is 8.55. The normalized spacial score (nSPS) is 18.3. The quantitative estimate of drug-likeness (QED) is 0.482. The van der Waals surface area contributed by atoms with Crippen LogP contribution < -0.4 is 4.90 Å². The second-order valence-electron chi connectivity index (χ2n) is 10.3. The number of carbonyl (C=O) groups excluding carboxylic acids is 1. The number of aromatic nitrogens is 1. The predicted octanol–water partition coefficient (Wildman–Crippen LogP) is 5.35. The lowest BCUT2D eigenvalue weighted by molar-refractivity contribution is -0.160. The summed E-state index contributed by atoms with van der Waals surface area (Å²) in [5, 5.41) is 10.1. The summed E-state index contributed by atoms with van der Waals surface area (Å²) < 4.78 is 25.8. The van der Waals surface area contributed by atoms with Gasteiger partial charge in [0.15, 0.2) is 0 Å². The maximum atomic E-state index is 14.6. The summed E-state index contributed by atoms with van der Waals surface area (Å²) in [5.41, 5.74) is 5.54. The largest absolute Gasteiger partial charge is 0.462 e. The van der Waals surface area contributed by atoms with Crippen LogP contribution in [-0.4, -0.2) is 49.5 Å². The number of esters is 1. The number of pyridine rings is 1. The smallest absolute Gasteiger partial charge is 0.308 e. The first-order chi connectivity index (χ1) is 16.5. The van der Waals surface area contributed by atoms with E-state index in [0.29, 0.717) is 31.4 Å². The molecule has 2 aromatic rings. The van der Waals surface area contributed by atoms with Gasteiger partial charge in [-0.1, -0.05) is 33.8 Å². The molecule has 3 rings (SSSR count). The molecule has 1 aromatic carbocycles. The molecule has 1 fully saturated rings. The Bertz CT molecular complexity index is 1050. The fourth-order valence-corrected chi connectivity index (χ4v) is 4.89. The number of benzene rings is 1. The number of hydrogen-bond acceptors (Lipinski definition) is 6. The van der Waals surface area contributed by atoms with E-state index < -0.39 is 6.10 Å². The van der Waals surface area contributed by atoms with Crippen LogP contribution in [0, 0.1) is 5.82 Å². The fraction of sp³-hybridized carbons (Fsp3) is 0.571. The van der Waals surface area contributed by atoms with Gasteiger partial charge in [-0.15, -0.1) is 0 Å². The third-order valence-electron chi connectivity index (χ3n) is 6.53. The third-order valence-corrected chi connectivity index (χ3v) is 6.53. The second kappa shape index (κ2) is 11.5. The van der Waals surface area contributed by atoms with Crippen LogP contribution in [0.5, 0.6) is 0 Å². The molecule has 1 aliphatic rings. The van der Waals surface area contributed by atoms with Crippen molar-refractivity contribution in [2.24, 2.45) is 0 Å². The maximum absolute atomic E-state index is 14.6. The van der Waals surface area contributed by atoms with Gasteiger partial charge in [0.2, 0.25) is 0 Å². The molecule has 35 heavy (non-hydrogen) atoms. The standard InChI is InChI=1S/C28H39FN2O4/c1-16(2)22-12-18(8-11-24(22)29)26-21(10-9-20-13-19(32)14-25(33)35-20)27(17(3)4)30-28(31(5)6)23(26)15-34-7/h8,11-12,16-17,19-20,32H,9-10,13-15H2,1-7H3. The summed E-state index contributed by atoms with van der Waals surface area (Å²) in [5.74, 6) is 0.423. The molecule has 192 valence electrons. The van der Waals surface area contributed by atoms with Crippen LogP contribution in [0.25, 0.3) is 11.1 Å². The Kier molecular flexibility index (Phi) is 8.89. The number of cyclic esters (lactones) is 1. The molecule has 2 atom stereocenters. The molecule has 7 heteroatoms. The number of halogens is 1. The third kappa shape index (κ3) is 6.19. The van der Waals surface area contributed by atoms with E-state index in [1.54, 1.807) is 7.11 Å². The van der Waals surface area contributed by atoms with E-state index in [-0.39, 0.29) is 36.1 Å². The Balaban J connectivity index is 2.22. The van der Waals surface area contributed by atoms with Crippen LogP contribution in [0.1, 0.15) is 81.2 Å². The molecule has 0 radical (unpaired) electrons. The van der Waals surface area contributed by atoms with Gasteiger partial charge in [0.25, 0.3) is 0 Å². The number of aliphatic hydroxyl groups is 1. The lowest BCUT2D eigenvalue weighted by Gasteiger charge is -2.29. The zero-order valence-electron chi connectivity index (χ0n) is 22.0. The molecule has 0 saturated carbocycles. The minimum atomic E-state index is -0.672. The van der Waals surface area contributed by atoms with Gasteiger partial charge in [0.1, 0.15) is 17.7 Å². The van der Waals surface area contributed by atoms with E-state index in [9.17, 15) is 14.3 Å². The van der Waals surface area contributed by atoms with Crippen molar-refractivity contribution in [3.05, 3.63) is 46.4 Å². The van der Waals surface area contributed by atoms with Crippen LogP contribution in [0.4, 0.5) is 10.2 Å². The number of aliphatic hydroxyl groups excluding tert-OH is 1. The first kappa shape index (κ1) is 27.1. The summed E-state index contributed by atoms with van der Waals surface area (Å²) in [6.07, 6.45) is 0.638. The lowest BCUT2D eigenvalue weighted by atomic mass is 9.86. The predicted molar refractivity (Wildman–Crippen MR) is 136 cm³/mol. The number of ether oxygens (including phenoxy) is 2. The number of anilines is 1. The topological polar surface area (TPSA) is 71.9 Å². The molecule has 2 heterocycles. The Morgan fingerprint density at radius 1 is 1.20 bits per heavy atom. The van der Waals surface area contributed by atoms with Crippen molar-refractivity contribution < 1.29 is 23.8 Å². The fourth-order valence-electron chi connectivity index (χ4n) is 4.89. The Hall–Kier alpha value is -2.51. The average Bonchev–Trinajstić information content (AvgIpc) is 2.77. The highest BCUT2D eigenvalue weighted by Crippen LogP contribution is 2.40. The number of methoxy groups -OCH3 is 1. The van der Waals surface area contributed by atoms with Crippen LogP contribution in [0.15, 0.2) is 18.2 Å². The zero-order valence-corrected chi connectivity index (χ0v) is 22.0. The van der Waals surface area contributed by atoms with E-state index in [0.717, 1.165) is 33.8 Å². The van der Waals surface area contributed by atoms with E-state index in [4.69, 9.17) is 14.5 Å². The van der Waals surface area contributed by atoms with Crippen molar-refractivity contribution in [2.75, 3.05) is 26.1 Å². The van der Waals surface area contributed by atoms with Gasteiger partial charge in [-0.25, -0.2) is 9.37 Å². The SMILES string of the molecule is COCc1c(N(C)C)nc(C(C)C)c(CCC2CC(O)CC(=O)O2)c1-c1ccc(F)c(C(C)C)c1. The van der Waals surface area contributed by atoms with Crippen molar-refractivity contribution in [3.63, 3.8) is 0 Å². The van der Waals surface area contributed by atoms with Crippen molar-refractivity contribution in [1.82, 2.24) is 4.98 Å². The molecule has 1 aromatic heterocycles. The monoisotopic (exact) mass is 486 g/mol. The summed E-state index contributed by atoms with van der Waals surface area (Å²) >= 11 is 0. The van der Waals surface area contributed by atoms with Crippen molar-refractivity contribution >= 4 is 11.8 Å².